The van der Waals surface area contributed by atoms with Gasteiger partial charge in [-0.25, -0.2) is 48.7 Å². The Hall–Kier alpha value is -8.65. The molecule has 0 unspecified atom stereocenters. The second kappa shape index (κ2) is 25.5. The average Bonchev–Trinajstić information content (AvgIpc) is 1.69. The van der Waals surface area contributed by atoms with Crippen molar-refractivity contribution in [3.05, 3.63) is 114 Å². The molecule has 27 heteroatoms. The van der Waals surface area contributed by atoms with Gasteiger partial charge in [-0.2, -0.15) is 25.3 Å². The lowest BCUT2D eigenvalue weighted by Crippen LogP contribution is -2.61. The Balaban J connectivity index is 0.000000133. The highest BCUT2D eigenvalue weighted by molar-refractivity contribution is 7.22. The lowest BCUT2D eigenvalue weighted by molar-refractivity contribution is 0.160. The number of nitrogens with zero attached hydrogens (tertiary/aromatic N) is 18. The molecule has 3 fully saturated rings. The van der Waals surface area contributed by atoms with Gasteiger partial charge in [-0.15, -0.1) is 0 Å². The summed E-state index contributed by atoms with van der Waals surface area (Å²) >= 11 is 4.60. The largest absolute Gasteiger partial charge is 0.348 e. The van der Waals surface area contributed by atoms with Crippen LogP contribution in [-0.4, -0.2) is 146 Å². The van der Waals surface area contributed by atoms with Gasteiger partial charge in [-0.1, -0.05) is 40.1 Å². The maximum atomic E-state index is 15.0. The lowest BCUT2D eigenvalue weighted by Gasteiger charge is -2.48. The lowest BCUT2D eigenvalue weighted by atomic mass is 9.79. The highest BCUT2D eigenvalue weighted by atomic mass is 32.1. The van der Waals surface area contributed by atoms with Gasteiger partial charge in [0.25, 0.3) is 0 Å². The normalized spacial score (nSPS) is 18.1. The number of halogens is 2. The van der Waals surface area contributed by atoms with E-state index in [0.29, 0.717) is 62.4 Å². The summed E-state index contributed by atoms with van der Waals surface area (Å²) in [4.78, 5) is 60.4. The summed E-state index contributed by atoms with van der Waals surface area (Å²) in [6.45, 7) is 33.0. The van der Waals surface area contributed by atoms with Crippen molar-refractivity contribution in [3.8, 4) is 51.0 Å². The van der Waals surface area contributed by atoms with Gasteiger partial charge in [0.05, 0.1) is 58.8 Å². The number of aromatic nitrogens is 15. The summed E-state index contributed by atoms with van der Waals surface area (Å²) in [6, 6.07) is 10.3. The van der Waals surface area contributed by atoms with E-state index in [4.69, 9.17) is 19.9 Å². The number of thiazole rings is 3. The zero-order valence-electron chi connectivity index (χ0n) is 59.5. The molecule has 3 saturated heterocycles. The molecule has 11 aromatic heterocycles. The average molecular weight is 1390 g/mol. The molecule has 0 saturated carbocycles. The molecule has 12 aromatic rings. The van der Waals surface area contributed by atoms with Gasteiger partial charge in [0.2, 0.25) is 0 Å². The highest BCUT2D eigenvalue weighted by Crippen LogP contribution is 2.41. The van der Waals surface area contributed by atoms with Gasteiger partial charge in [-0.3, -0.25) is 5.10 Å². The number of nitrogens with one attached hydrogen (secondary N) is 4. The molecule has 14 heterocycles. The summed E-state index contributed by atoms with van der Waals surface area (Å²) in [5.74, 6) is -1.91. The number of fused-ring (bicyclic) bond motifs is 5. The first-order valence-corrected chi connectivity index (χ1v) is 35.8. The third-order valence-corrected chi connectivity index (χ3v) is 21.9. The molecule has 516 valence electrons. The van der Waals surface area contributed by atoms with E-state index in [-0.39, 0.29) is 50.1 Å². The van der Waals surface area contributed by atoms with Crippen LogP contribution in [0.5, 0.6) is 0 Å². The van der Waals surface area contributed by atoms with Crippen LogP contribution in [-0.2, 0) is 0 Å². The fraction of sp³-hybridized carbons (Fsp3) is 0.458. The van der Waals surface area contributed by atoms with Crippen molar-refractivity contribution in [2.24, 2.45) is 0 Å². The first kappa shape index (κ1) is 68.9. The van der Waals surface area contributed by atoms with Crippen molar-refractivity contribution in [1.29, 1.82) is 5.26 Å². The van der Waals surface area contributed by atoms with Crippen molar-refractivity contribution in [2.45, 2.75) is 194 Å². The monoisotopic (exact) mass is 1390 g/mol. The number of hydrogen-bond acceptors (Lipinski definition) is 22. The number of rotatable bonds is 10. The van der Waals surface area contributed by atoms with Crippen LogP contribution < -0.4 is 30.7 Å². The van der Waals surface area contributed by atoms with Gasteiger partial charge in [0.15, 0.2) is 64.1 Å². The fourth-order valence-electron chi connectivity index (χ4n) is 15.4. The SMILES string of the molecule is CN(c1nc2ncc(-c3ccc(-c4cn[nH]c4)c(F)c3F)nc2s1)C1CC(C)(C)NC(C)(C)C1.Cc1cn2cc(-c3cnc4nc(N(C)C5CC(C)(C)NC(C)(C)C5)sc4n3)cc(C#N)c2n1.Cc1cn2cc(-c3cnc4nc(N(C)C5CC(C)(C)NC(C)(C)C5)sc4n3)cc(C)c2n1. The Morgan fingerprint density at radius 2 is 0.848 bits per heavy atom. The summed E-state index contributed by atoms with van der Waals surface area (Å²) < 4.78 is 33.7. The third kappa shape index (κ3) is 14.6. The molecule has 3 aliphatic heterocycles. The maximum Gasteiger partial charge on any atom is 0.191 e. The molecule has 0 radical (unpaired) electrons. The second-order valence-corrected chi connectivity index (χ2v) is 33.9. The van der Waals surface area contributed by atoms with E-state index in [1.807, 2.05) is 56.1 Å². The number of anilines is 3. The summed E-state index contributed by atoms with van der Waals surface area (Å²) in [5, 5.41) is 29.9. The Kier molecular flexibility index (Phi) is 17.7. The van der Waals surface area contributed by atoms with Crippen LogP contribution in [0.2, 0.25) is 0 Å². The maximum absolute atomic E-state index is 15.0. The molecule has 0 bridgehead atoms. The number of nitriles is 1. The van der Waals surface area contributed by atoms with Gasteiger partial charge in [0, 0.05) is 131 Å². The Morgan fingerprint density at radius 3 is 1.26 bits per heavy atom. The first-order valence-electron chi connectivity index (χ1n) is 33.4. The Morgan fingerprint density at radius 1 is 0.475 bits per heavy atom. The molecule has 0 atom stereocenters. The minimum absolute atomic E-state index is 0.00521. The first-order chi connectivity index (χ1) is 46.6. The Labute approximate surface area is 587 Å². The summed E-state index contributed by atoms with van der Waals surface area (Å²) in [6.07, 6.45) is 22.1. The predicted octanol–water partition coefficient (Wildman–Crippen LogP) is 14.3. The second-order valence-electron chi connectivity index (χ2n) is 31.0. The van der Waals surface area contributed by atoms with Crippen molar-refractivity contribution in [2.75, 3.05) is 35.8 Å². The number of benzene rings is 1. The van der Waals surface area contributed by atoms with E-state index in [2.05, 4.69) is 203 Å². The molecular weight excluding hydrogens is 1310 g/mol. The van der Waals surface area contributed by atoms with Crippen molar-refractivity contribution in [3.63, 3.8) is 0 Å². The minimum Gasteiger partial charge on any atom is -0.348 e. The van der Waals surface area contributed by atoms with Crippen LogP contribution in [0, 0.1) is 43.7 Å². The van der Waals surface area contributed by atoms with Crippen LogP contribution >= 0.6 is 34.0 Å². The number of H-pyrrole nitrogens is 1. The van der Waals surface area contributed by atoms with E-state index < -0.39 is 11.6 Å². The molecule has 1 aromatic carbocycles. The molecule has 0 amide bonds. The van der Waals surface area contributed by atoms with E-state index in [0.717, 1.165) is 103 Å². The summed E-state index contributed by atoms with van der Waals surface area (Å²) in [5.41, 5.74) is 11.7. The zero-order chi connectivity index (χ0) is 70.6. The van der Waals surface area contributed by atoms with E-state index in [1.54, 1.807) is 28.9 Å². The Bertz CT molecular complexity index is 5020. The van der Waals surface area contributed by atoms with Gasteiger partial charge >= 0.3 is 0 Å². The molecule has 4 N–H and O–H groups in total. The standard InChI is InChI=1S/C24H27F2N7S.C24H28N8S.C24H31N7S/c1-23(2)8-14(9-24(3,4)32-23)33(5)22-31-20-21(34-22)30-17(12-27-20)16-7-6-15(18(25)19(16)26)13-10-28-29-11-13;1-14-12-32-13-16(7-15(10-25)20(32)27-14)18-11-26-19-21(28-18)33-22(29-19)31(6)17-8-23(2,3)30-24(4,5)9-17;1-14-8-16(13-31-12-15(2)26-20(14)31)18-11-25-19-21(27-18)32-22(28-19)30(7)17-9-23(3,4)29-24(5,6)10-17/h6-7,10-12,14,32H,8-9H2,1-5H3,(H,28,29);7,11-13,17,30H,8-9H2,1-6H3;8,11-13,17,29H,9-10H2,1-7H3. The van der Waals surface area contributed by atoms with Gasteiger partial charge in [0.1, 0.15) is 11.7 Å². The van der Waals surface area contributed by atoms with E-state index in [9.17, 15) is 14.0 Å². The number of imidazole rings is 2. The molecule has 99 heavy (non-hydrogen) atoms. The van der Waals surface area contributed by atoms with Gasteiger partial charge < -0.3 is 39.5 Å². The number of aromatic amines is 1. The number of hydrogen-bond donors (Lipinski definition) is 4. The number of pyridine rings is 2. The third-order valence-electron chi connectivity index (χ3n) is 18.8. The zero-order valence-corrected chi connectivity index (χ0v) is 62.0. The predicted molar refractivity (Wildman–Crippen MR) is 394 cm³/mol. The molecule has 22 nitrogen and oxygen atoms in total. The van der Waals surface area contributed by atoms with Crippen LogP contribution in [0.15, 0.2) is 80.0 Å². The van der Waals surface area contributed by atoms with Crippen LogP contribution in [0.4, 0.5) is 24.2 Å². The molecule has 0 aliphatic carbocycles. The van der Waals surface area contributed by atoms with Crippen LogP contribution in [0.25, 0.3) is 87.6 Å². The number of piperidine rings is 3. The highest BCUT2D eigenvalue weighted by Gasteiger charge is 2.43. The minimum atomic E-state index is -0.964. The van der Waals surface area contributed by atoms with Crippen molar-refractivity contribution < 1.29 is 8.78 Å². The van der Waals surface area contributed by atoms with E-state index in [1.165, 1.54) is 42.1 Å². The number of aryl methyl sites for hydroxylation is 3. The quantitative estimate of drug-likeness (QED) is 0.0993. The van der Waals surface area contributed by atoms with Gasteiger partial charge in [-0.05, 0) is 166 Å². The molecule has 3 aliphatic rings. The van der Waals surface area contributed by atoms with Crippen LogP contribution in [0.1, 0.15) is 144 Å². The smallest absolute Gasteiger partial charge is 0.191 e. The van der Waals surface area contributed by atoms with Crippen LogP contribution in [0.3, 0.4) is 0 Å². The summed E-state index contributed by atoms with van der Waals surface area (Å²) in [7, 11) is 6.32. The van der Waals surface area contributed by atoms with E-state index >= 15 is 0 Å². The fourth-order valence-corrected chi connectivity index (χ4v) is 18.2. The van der Waals surface area contributed by atoms with Crippen molar-refractivity contribution >= 4 is 92.1 Å². The van der Waals surface area contributed by atoms with Crippen molar-refractivity contribution in [1.82, 2.24) is 89.8 Å². The molecule has 0 spiro atoms. The topological polar surface area (TPSA) is 249 Å². The molecular formula is C72H86F2N22S3. The molecule has 15 rings (SSSR count).